The van der Waals surface area contributed by atoms with Crippen LogP contribution in [-0.4, -0.2) is 17.7 Å². The summed E-state index contributed by atoms with van der Waals surface area (Å²) in [5.74, 6) is 0.156. The lowest BCUT2D eigenvalue weighted by Gasteiger charge is -2.14. The Hall–Kier alpha value is -1.51. The van der Waals surface area contributed by atoms with Crippen LogP contribution in [-0.2, 0) is 4.79 Å². The molecule has 0 aliphatic rings. The van der Waals surface area contributed by atoms with Crippen LogP contribution >= 0.6 is 0 Å². The van der Waals surface area contributed by atoms with Gasteiger partial charge in [-0.25, -0.2) is 0 Å². The fourth-order valence-corrected chi connectivity index (χ4v) is 1.75. The Morgan fingerprint density at radius 3 is 2.47 bits per heavy atom. The first kappa shape index (κ1) is 13.6. The van der Waals surface area contributed by atoms with E-state index in [4.69, 9.17) is 9.84 Å². The third-order valence-electron chi connectivity index (χ3n) is 2.58. The molecule has 0 saturated carbocycles. The Kier molecular flexibility index (Phi) is 5.53. The highest BCUT2D eigenvalue weighted by molar-refractivity contribution is 5.69. The minimum atomic E-state index is -0.727. The minimum Gasteiger partial charge on any atom is -0.494 e. The van der Waals surface area contributed by atoms with E-state index in [9.17, 15) is 4.79 Å². The second-order valence-electron chi connectivity index (χ2n) is 4.61. The highest BCUT2D eigenvalue weighted by Gasteiger charge is 2.18. The lowest BCUT2D eigenvalue weighted by atomic mass is 9.95. The van der Waals surface area contributed by atoms with Crippen molar-refractivity contribution in [1.82, 2.24) is 0 Å². The van der Waals surface area contributed by atoms with Gasteiger partial charge in [0.05, 0.1) is 12.5 Å². The molecular formula is C14H20O3. The number of hydrogen-bond acceptors (Lipinski definition) is 2. The highest BCUT2D eigenvalue weighted by atomic mass is 16.5. The van der Waals surface area contributed by atoms with Crippen molar-refractivity contribution in [2.24, 2.45) is 11.8 Å². The zero-order chi connectivity index (χ0) is 12.7. The number of ether oxygens (including phenoxy) is 1. The molecule has 1 aromatic rings. The molecule has 0 fully saturated rings. The summed E-state index contributed by atoms with van der Waals surface area (Å²) in [6, 6.07) is 9.47. The summed E-state index contributed by atoms with van der Waals surface area (Å²) in [6.45, 7) is 4.52. The van der Waals surface area contributed by atoms with Crippen molar-refractivity contribution < 1.29 is 14.6 Å². The van der Waals surface area contributed by atoms with Crippen molar-refractivity contribution in [3.8, 4) is 5.75 Å². The Morgan fingerprint density at radius 2 is 1.94 bits per heavy atom. The predicted octanol–water partition coefficient (Wildman–Crippen LogP) is 3.20. The van der Waals surface area contributed by atoms with Gasteiger partial charge in [0, 0.05) is 0 Å². The summed E-state index contributed by atoms with van der Waals surface area (Å²) in [7, 11) is 0. The molecule has 1 atom stereocenters. The third-order valence-corrected chi connectivity index (χ3v) is 2.58. The smallest absolute Gasteiger partial charge is 0.306 e. The number of hydrogen-bond donors (Lipinski definition) is 1. The summed E-state index contributed by atoms with van der Waals surface area (Å²) < 4.78 is 5.50. The predicted molar refractivity (Wildman–Crippen MR) is 67.1 cm³/mol. The van der Waals surface area contributed by atoms with Gasteiger partial charge in [0.25, 0.3) is 0 Å². The largest absolute Gasteiger partial charge is 0.494 e. The molecule has 3 heteroatoms. The van der Waals surface area contributed by atoms with Gasteiger partial charge in [0.2, 0.25) is 0 Å². The first-order valence-electron chi connectivity index (χ1n) is 6.00. The summed E-state index contributed by atoms with van der Waals surface area (Å²) in [5.41, 5.74) is 0. The van der Waals surface area contributed by atoms with Crippen LogP contribution < -0.4 is 4.74 Å². The average Bonchev–Trinajstić information content (AvgIpc) is 2.28. The number of benzene rings is 1. The number of para-hydroxylation sites is 1. The molecule has 1 unspecified atom stereocenters. The molecule has 0 spiro atoms. The molecule has 94 valence electrons. The van der Waals surface area contributed by atoms with Crippen LogP contribution in [0.4, 0.5) is 0 Å². The normalized spacial score (nSPS) is 12.4. The maximum absolute atomic E-state index is 11.0. The van der Waals surface area contributed by atoms with Gasteiger partial charge in [-0.3, -0.25) is 4.79 Å². The number of carboxylic acids is 1. The van der Waals surface area contributed by atoms with E-state index in [1.807, 2.05) is 44.2 Å². The van der Waals surface area contributed by atoms with Gasteiger partial charge in [0.15, 0.2) is 0 Å². The molecule has 1 rings (SSSR count). The number of aliphatic carboxylic acids is 1. The third kappa shape index (κ3) is 5.38. The van der Waals surface area contributed by atoms with Crippen LogP contribution in [0, 0.1) is 11.8 Å². The molecule has 0 radical (unpaired) electrons. The molecule has 17 heavy (non-hydrogen) atoms. The fourth-order valence-electron chi connectivity index (χ4n) is 1.75. The van der Waals surface area contributed by atoms with Gasteiger partial charge in [-0.1, -0.05) is 32.0 Å². The molecule has 1 N–H and O–H groups in total. The van der Waals surface area contributed by atoms with Crippen LogP contribution in [0.5, 0.6) is 5.75 Å². The van der Waals surface area contributed by atoms with Gasteiger partial charge in [-0.2, -0.15) is 0 Å². The van der Waals surface area contributed by atoms with Gasteiger partial charge < -0.3 is 9.84 Å². The molecule has 3 nitrogen and oxygen atoms in total. The van der Waals surface area contributed by atoms with E-state index in [2.05, 4.69) is 0 Å². The zero-order valence-corrected chi connectivity index (χ0v) is 10.4. The molecule has 0 aliphatic carbocycles. The van der Waals surface area contributed by atoms with Crippen LogP contribution in [0.1, 0.15) is 26.7 Å². The Morgan fingerprint density at radius 1 is 1.29 bits per heavy atom. The lowest BCUT2D eigenvalue weighted by molar-refractivity contribution is -0.142. The Bertz CT molecular complexity index is 333. The van der Waals surface area contributed by atoms with Crippen LogP contribution in [0.2, 0.25) is 0 Å². The van der Waals surface area contributed by atoms with Crippen molar-refractivity contribution in [2.45, 2.75) is 26.7 Å². The molecule has 0 amide bonds. The van der Waals surface area contributed by atoms with Crippen molar-refractivity contribution in [3.05, 3.63) is 30.3 Å². The van der Waals surface area contributed by atoms with Crippen molar-refractivity contribution in [2.75, 3.05) is 6.61 Å². The molecule has 0 bridgehead atoms. The zero-order valence-electron chi connectivity index (χ0n) is 10.4. The van der Waals surface area contributed by atoms with E-state index in [-0.39, 0.29) is 5.92 Å². The van der Waals surface area contributed by atoms with E-state index in [0.717, 1.165) is 5.75 Å². The van der Waals surface area contributed by atoms with Gasteiger partial charge in [0.1, 0.15) is 5.75 Å². The van der Waals surface area contributed by atoms with Gasteiger partial charge in [-0.05, 0) is 30.9 Å². The second-order valence-corrected chi connectivity index (χ2v) is 4.61. The minimum absolute atomic E-state index is 0.307. The van der Waals surface area contributed by atoms with Crippen LogP contribution in [0.3, 0.4) is 0 Å². The molecule has 0 aliphatic heterocycles. The quantitative estimate of drug-likeness (QED) is 0.790. The van der Waals surface area contributed by atoms with Crippen LogP contribution in [0.15, 0.2) is 30.3 Å². The molecule has 0 heterocycles. The SMILES string of the molecule is CC(C)CC(CCOc1ccccc1)C(=O)O. The number of carbonyl (C=O) groups is 1. The number of carboxylic acid groups (broad SMARTS) is 1. The van der Waals surface area contributed by atoms with Gasteiger partial charge >= 0.3 is 5.97 Å². The molecule has 0 aromatic heterocycles. The maximum Gasteiger partial charge on any atom is 0.306 e. The Balaban J connectivity index is 2.35. The standard InChI is InChI=1S/C14H20O3/c1-11(2)10-12(14(15)16)8-9-17-13-6-4-3-5-7-13/h3-7,11-12H,8-10H2,1-2H3,(H,15,16). The van der Waals surface area contributed by atoms with Crippen molar-refractivity contribution in [1.29, 1.82) is 0 Å². The highest BCUT2D eigenvalue weighted by Crippen LogP contribution is 2.17. The average molecular weight is 236 g/mol. The monoisotopic (exact) mass is 236 g/mol. The summed E-state index contributed by atoms with van der Waals surface area (Å²) in [6.07, 6.45) is 1.26. The van der Waals surface area contributed by atoms with Crippen molar-refractivity contribution in [3.63, 3.8) is 0 Å². The van der Waals surface area contributed by atoms with E-state index in [1.54, 1.807) is 0 Å². The Labute approximate surface area is 102 Å². The number of rotatable bonds is 7. The second kappa shape index (κ2) is 6.94. The summed E-state index contributed by atoms with van der Waals surface area (Å²) in [5, 5.41) is 9.06. The molecule has 0 saturated heterocycles. The summed E-state index contributed by atoms with van der Waals surface area (Å²) >= 11 is 0. The maximum atomic E-state index is 11.0. The first-order chi connectivity index (χ1) is 8.09. The lowest BCUT2D eigenvalue weighted by Crippen LogP contribution is -2.18. The van der Waals surface area contributed by atoms with Crippen molar-refractivity contribution >= 4 is 5.97 Å². The van der Waals surface area contributed by atoms with E-state index in [1.165, 1.54) is 0 Å². The van der Waals surface area contributed by atoms with E-state index < -0.39 is 5.97 Å². The molecule has 1 aromatic carbocycles. The van der Waals surface area contributed by atoms with Crippen LogP contribution in [0.25, 0.3) is 0 Å². The topological polar surface area (TPSA) is 46.5 Å². The van der Waals surface area contributed by atoms with E-state index in [0.29, 0.717) is 25.4 Å². The first-order valence-corrected chi connectivity index (χ1v) is 6.00. The van der Waals surface area contributed by atoms with Gasteiger partial charge in [-0.15, -0.1) is 0 Å². The molecular weight excluding hydrogens is 216 g/mol. The summed E-state index contributed by atoms with van der Waals surface area (Å²) in [4.78, 5) is 11.0. The van der Waals surface area contributed by atoms with E-state index >= 15 is 0 Å². The fraction of sp³-hybridized carbons (Fsp3) is 0.500.